The molecular weight excluding hydrogens is 668 g/mol. The highest BCUT2D eigenvalue weighted by molar-refractivity contribution is 5.98. The highest BCUT2D eigenvalue weighted by atomic mass is 16.6. The number of ether oxygens (including phenoxy) is 2. The van der Waals surface area contributed by atoms with Crippen molar-refractivity contribution in [1.82, 2.24) is 9.80 Å². The van der Waals surface area contributed by atoms with Crippen LogP contribution >= 0.6 is 0 Å². The van der Waals surface area contributed by atoms with Crippen molar-refractivity contribution >= 4 is 40.9 Å². The summed E-state index contributed by atoms with van der Waals surface area (Å²) in [6.45, 7) is 11.9. The number of hydrogen-bond donors (Lipinski definition) is 2. The SMILES string of the molecule is CC(C)(C)OC(=O)N1CCCC1C(=O)Nc1ccc(C2=CCC(c3ccc(NC(=O)C4CCCN4C(=O)OC(C)(C)C)cc3)C2c2ccccc2)cc1. The molecule has 4 atom stereocenters. The number of amides is 4. The van der Waals surface area contributed by atoms with Gasteiger partial charge in [0.05, 0.1) is 0 Å². The fraction of sp³-hybridized carbons (Fsp3) is 0.442. The van der Waals surface area contributed by atoms with Crippen molar-refractivity contribution < 1.29 is 28.7 Å². The second-order valence-electron chi connectivity index (χ2n) is 16.2. The van der Waals surface area contributed by atoms with Gasteiger partial charge in [-0.25, -0.2) is 9.59 Å². The Balaban J connectivity index is 1.13. The summed E-state index contributed by atoms with van der Waals surface area (Å²) >= 11 is 0. The minimum absolute atomic E-state index is 0.0961. The number of hydrogen-bond acceptors (Lipinski definition) is 6. The van der Waals surface area contributed by atoms with E-state index >= 15 is 0 Å². The maximum atomic E-state index is 13.3. The van der Waals surface area contributed by atoms with Crippen LogP contribution in [0, 0.1) is 0 Å². The Morgan fingerprint density at radius 2 is 1.09 bits per heavy atom. The van der Waals surface area contributed by atoms with Gasteiger partial charge in [0.25, 0.3) is 0 Å². The molecule has 3 aromatic carbocycles. The molecule has 4 unspecified atom stereocenters. The standard InChI is InChI=1S/C43H52N4O6/c1-42(2,3)52-40(50)46-26-10-14-35(46)38(48)44-31-20-16-28(17-21-31)33-24-25-34(37(33)30-12-8-7-9-13-30)29-18-22-32(23-19-29)45-39(49)36-15-11-27-47(36)41(51)53-43(4,5)6/h7-9,12-13,16-24,34-37H,10-11,14-15,25-27H2,1-6H3,(H,44,48)(H,45,49). The lowest BCUT2D eigenvalue weighted by Gasteiger charge is -2.28. The predicted molar refractivity (Wildman–Crippen MR) is 207 cm³/mol. The lowest BCUT2D eigenvalue weighted by molar-refractivity contribution is -0.121. The van der Waals surface area contributed by atoms with Crippen LogP contribution in [0.25, 0.3) is 5.57 Å². The summed E-state index contributed by atoms with van der Waals surface area (Å²) in [7, 11) is 0. The zero-order valence-corrected chi connectivity index (χ0v) is 31.7. The van der Waals surface area contributed by atoms with Crippen LogP contribution in [-0.4, -0.2) is 70.2 Å². The Hall–Kier alpha value is -5.12. The van der Waals surface area contributed by atoms with Gasteiger partial charge in [-0.05, 0) is 126 Å². The second-order valence-corrected chi connectivity index (χ2v) is 16.2. The molecule has 2 N–H and O–H groups in total. The van der Waals surface area contributed by atoms with E-state index in [2.05, 4.69) is 53.1 Å². The molecule has 3 aromatic rings. The Labute approximate surface area is 312 Å². The molecule has 0 spiro atoms. The molecule has 1 aliphatic carbocycles. The first-order valence-corrected chi connectivity index (χ1v) is 18.7. The van der Waals surface area contributed by atoms with Crippen LogP contribution in [0.4, 0.5) is 21.0 Å². The lowest BCUT2D eigenvalue weighted by Crippen LogP contribution is -2.45. The van der Waals surface area contributed by atoms with Crippen molar-refractivity contribution in [2.24, 2.45) is 0 Å². The zero-order valence-electron chi connectivity index (χ0n) is 31.7. The molecular formula is C43H52N4O6. The fourth-order valence-electron chi connectivity index (χ4n) is 7.60. The van der Waals surface area contributed by atoms with Crippen LogP contribution in [0.15, 0.2) is 84.9 Å². The number of carbonyl (C=O) groups excluding carboxylic acids is 4. The molecule has 0 bridgehead atoms. The van der Waals surface area contributed by atoms with Crippen molar-refractivity contribution in [3.8, 4) is 0 Å². The van der Waals surface area contributed by atoms with Crippen LogP contribution in [-0.2, 0) is 19.1 Å². The summed E-state index contributed by atoms with van der Waals surface area (Å²) in [5.41, 5.74) is 4.75. The number of nitrogens with one attached hydrogen (secondary N) is 2. The van der Waals surface area contributed by atoms with Crippen LogP contribution in [0.3, 0.4) is 0 Å². The van der Waals surface area contributed by atoms with E-state index < -0.39 is 35.5 Å². The van der Waals surface area contributed by atoms with Gasteiger partial charge in [0, 0.05) is 30.4 Å². The number of rotatable bonds is 7. The van der Waals surface area contributed by atoms with E-state index in [0.29, 0.717) is 37.3 Å². The van der Waals surface area contributed by atoms with E-state index in [1.165, 1.54) is 20.9 Å². The number of allylic oxidation sites excluding steroid dienone is 2. The average molecular weight is 721 g/mol. The summed E-state index contributed by atoms with van der Waals surface area (Å²) in [4.78, 5) is 55.2. The number of benzene rings is 3. The smallest absolute Gasteiger partial charge is 0.410 e. The number of carbonyl (C=O) groups is 4. The monoisotopic (exact) mass is 720 g/mol. The molecule has 280 valence electrons. The predicted octanol–water partition coefficient (Wildman–Crippen LogP) is 8.72. The van der Waals surface area contributed by atoms with Crippen LogP contribution in [0.2, 0.25) is 0 Å². The van der Waals surface area contributed by atoms with Gasteiger partial charge < -0.3 is 20.1 Å². The van der Waals surface area contributed by atoms with Gasteiger partial charge in [0.1, 0.15) is 23.3 Å². The van der Waals surface area contributed by atoms with Gasteiger partial charge in [-0.1, -0.05) is 60.7 Å². The van der Waals surface area contributed by atoms with E-state index in [1.807, 2.05) is 84.0 Å². The molecule has 2 aliphatic heterocycles. The Kier molecular flexibility index (Phi) is 11.0. The largest absolute Gasteiger partial charge is 0.444 e. The van der Waals surface area contributed by atoms with E-state index in [9.17, 15) is 19.2 Å². The molecule has 4 amide bonds. The molecule has 6 rings (SSSR count). The quantitative estimate of drug-likeness (QED) is 0.252. The number of anilines is 2. The van der Waals surface area contributed by atoms with Gasteiger partial charge >= 0.3 is 12.2 Å². The summed E-state index contributed by atoms with van der Waals surface area (Å²) in [5, 5.41) is 6.04. The molecule has 0 saturated carbocycles. The third-order valence-corrected chi connectivity index (χ3v) is 9.95. The first-order chi connectivity index (χ1) is 25.2. The highest BCUT2D eigenvalue weighted by Crippen LogP contribution is 2.50. The maximum Gasteiger partial charge on any atom is 0.410 e. The Bertz CT molecular complexity index is 1830. The van der Waals surface area contributed by atoms with Crippen molar-refractivity contribution in [2.45, 2.75) is 109 Å². The maximum absolute atomic E-state index is 13.3. The summed E-state index contributed by atoms with van der Waals surface area (Å²) in [5.74, 6) is -0.155. The second kappa shape index (κ2) is 15.5. The Morgan fingerprint density at radius 1 is 0.623 bits per heavy atom. The number of likely N-dealkylation sites (tertiary alicyclic amines) is 2. The average Bonchev–Trinajstić information content (AvgIpc) is 3.88. The summed E-state index contributed by atoms with van der Waals surface area (Å²) in [6.07, 6.45) is 4.91. The van der Waals surface area contributed by atoms with Crippen LogP contribution in [0.5, 0.6) is 0 Å². The Morgan fingerprint density at radius 3 is 1.57 bits per heavy atom. The van der Waals surface area contributed by atoms with Crippen LogP contribution in [0.1, 0.15) is 102 Å². The topological polar surface area (TPSA) is 117 Å². The van der Waals surface area contributed by atoms with E-state index in [-0.39, 0.29) is 23.7 Å². The van der Waals surface area contributed by atoms with Crippen molar-refractivity contribution in [3.63, 3.8) is 0 Å². The first-order valence-electron chi connectivity index (χ1n) is 18.7. The molecule has 53 heavy (non-hydrogen) atoms. The fourth-order valence-corrected chi connectivity index (χ4v) is 7.60. The number of nitrogens with zero attached hydrogens (tertiary/aromatic N) is 2. The summed E-state index contributed by atoms with van der Waals surface area (Å²) < 4.78 is 11.1. The van der Waals surface area contributed by atoms with E-state index in [0.717, 1.165) is 30.4 Å². The van der Waals surface area contributed by atoms with Gasteiger partial charge in [0.2, 0.25) is 11.8 Å². The first kappa shape index (κ1) is 37.6. The lowest BCUT2D eigenvalue weighted by atomic mass is 9.79. The van der Waals surface area contributed by atoms with Gasteiger partial charge in [-0.3, -0.25) is 19.4 Å². The molecule has 0 aromatic heterocycles. The zero-order chi connectivity index (χ0) is 37.9. The normalized spacial score (nSPS) is 21.6. The molecule has 2 fully saturated rings. The van der Waals surface area contributed by atoms with Crippen molar-refractivity contribution in [1.29, 1.82) is 0 Å². The van der Waals surface area contributed by atoms with Crippen molar-refractivity contribution in [2.75, 3.05) is 23.7 Å². The molecule has 2 heterocycles. The summed E-state index contributed by atoms with van der Waals surface area (Å²) in [6, 6.07) is 25.3. The van der Waals surface area contributed by atoms with E-state index in [4.69, 9.17) is 9.47 Å². The van der Waals surface area contributed by atoms with E-state index in [1.54, 1.807) is 0 Å². The molecule has 0 radical (unpaired) electrons. The molecule has 10 heteroatoms. The molecule has 3 aliphatic rings. The third-order valence-electron chi connectivity index (χ3n) is 9.95. The minimum Gasteiger partial charge on any atom is -0.444 e. The van der Waals surface area contributed by atoms with Gasteiger partial charge in [-0.2, -0.15) is 0 Å². The minimum atomic E-state index is -0.632. The molecule has 2 saturated heterocycles. The van der Waals surface area contributed by atoms with Gasteiger partial charge in [-0.15, -0.1) is 0 Å². The molecule has 10 nitrogen and oxygen atoms in total. The highest BCUT2D eigenvalue weighted by Gasteiger charge is 2.38. The van der Waals surface area contributed by atoms with Crippen LogP contribution < -0.4 is 10.6 Å². The van der Waals surface area contributed by atoms with Gasteiger partial charge in [0.15, 0.2) is 0 Å². The third kappa shape index (κ3) is 9.10. The van der Waals surface area contributed by atoms with Crippen molar-refractivity contribution in [3.05, 3.63) is 102 Å².